The molecule has 5 nitrogen and oxygen atoms in total. The molecule has 0 aromatic heterocycles. The van der Waals surface area contributed by atoms with Gasteiger partial charge < -0.3 is 14.2 Å². The van der Waals surface area contributed by atoms with Crippen LogP contribution >= 0.6 is 0 Å². The number of aliphatic imine (C=N–C) groups is 1. The lowest BCUT2D eigenvalue weighted by Crippen LogP contribution is -2.24. The summed E-state index contributed by atoms with van der Waals surface area (Å²) in [6.45, 7) is 3.92. The molecule has 0 spiro atoms. The van der Waals surface area contributed by atoms with E-state index in [2.05, 4.69) is 4.99 Å². The van der Waals surface area contributed by atoms with Gasteiger partial charge in [-0.05, 0) is 43.5 Å². The number of carbonyl (C=O) groups excluding carboxylic acids is 1. The lowest BCUT2D eigenvalue weighted by atomic mass is 10.0. The molecule has 3 rings (SSSR count). The summed E-state index contributed by atoms with van der Waals surface area (Å²) < 4.78 is 16.1. The van der Waals surface area contributed by atoms with Crippen molar-refractivity contribution in [2.24, 2.45) is 10.9 Å². The standard InChI is InChI=1S/C17H19NO4/c1-2-21-14-5-3-4-12(10-14)11-15-17(19)22-16(18-15)13-6-8-20-9-7-13/h3-5,10-11,13H,2,6-9H2,1H3/b15-11+. The number of ether oxygens (including phenoxy) is 3. The molecule has 0 radical (unpaired) electrons. The first-order valence-electron chi connectivity index (χ1n) is 7.59. The maximum absolute atomic E-state index is 12.0. The fraction of sp³-hybridized carbons (Fsp3) is 0.412. The van der Waals surface area contributed by atoms with Gasteiger partial charge in [-0.3, -0.25) is 0 Å². The quantitative estimate of drug-likeness (QED) is 0.634. The summed E-state index contributed by atoms with van der Waals surface area (Å²) in [5.74, 6) is 1.10. The largest absolute Gasteiger partial charge is 0.494 e. The summed E-state index contributed by atoms with van der Waals surface area (Å²) in [6, 6.07) is 7.56. The zero-order chi connectivity index (χ0) is 15.4. The van der Waals surface area contributed by atoms with Crippen LogP contribution in [0.1, 0.15) is 25.3 Å². The minimum atomic E-state index is -0.386. The molecule has 5 heteroatoms. The SMILES string of the molecule is CCOc1cccc(/C=C2/N=C(C3CCOCC3)OC2=O)c1. The number of nitrogens with zero attached hydrogens (tertiary/aromatic N) is 1. The van der Waals surface area contributed by atoms with Gasteiger partial charge in [0.15, 0.2) is 5.70 Å². The summed E-state index contributed by atoms with van der Waals surface area (Å²) in [5, 5.41) is 0. The molecule has 0 atom stereocenters. The lowest BCUT2D eigenvalue weighted by molar-refractivity contribution is -0.130. The second-order valence-corrected chi connectivity index (χ2v) is 5.26. The van der Waals surface area contributed by atoms with Crippen LogP contribution in [0.2, 0.25) is 0 Å². The first-order chi connectivity index (χ1) is 10.8. The van der Waals surface area contributed by atoms with Gasteiger partial charge in [-0.2, -0.15) is 0 Å². The van der Waals surface area contributed by atoms with E-state index in [-0.39, 0.29) is 11.9 Å². The van der Waals surface area contributed by atoms with Crippen LogP contribution in [0.5, 0.6) is 5.75 Å². The molecular weight excluding hydrogens is 282 g/mol. The Morgan fingerprint density at radius 3 is 2.95 bits per heavy atom. The van der Waals surface area contributed by atoms with Crippen LogP contribution in [-0.4, -0.2) is 31.7 Å². The van der Waals surface area contributed by atoms with Gasteiger partial charge in [0.05, 0.1) is 6.61 Å². The topological polar surface area (TPSA) is 57.1 Å². The van der Waals surface area contributed by atoms with Gasteiger partial charge in [-0.25, -0.2) is 9.79 Å². The van der Waals surface area contributed by atoms with Gasteiger partial charge >= 0.3 is 5.97 Å². The maximum atomic E-state index is 12.0. The van der Waals surface area contributed by atoms with E-state index in [4.69, 9.17) is 14.2 Å². The third kappa shape index (κ3) is 3.36. The van der Waals surface area contributed by atoms with Crippen molar-refractivity contribution in [2.75, 3.05) is 19.8 Å². The molecular formula is C17H19NO4. The van der Waals surface area contributed by atoms with E-state index in [1.165, 1.54) is 0 Å². The highest BCUT2D eigenvalue weighted by atomic mass is 16.6. The van der Waals surface area contributed by atoms with Crippen molar-refractivity contribution in [2.45, 2.75) is 19.8 Å². The van der Waals surface area contributed by atoms with E-state index in [1.54, 1.807) is 6.08 Å². The predicted octanol–water partition coefficient (Wildman–Crippen LogP) is 2.81. The highest BCUT2D eigenvalue weighted by Crippen LogP contribution is 2.25. The van der Waals surface area contributed by atoms with Crippen molar-refractivity contribution in [3.05, 3.63) is 35.5 Å². The molecule has 2 aliphatic rings. The second kappa shape index (κ2) is 6.75. The Bertz CT molecular complexity index is 615. The summed E-state index contributed by atoms with van der Waals surface area (Å²) in [4.78, 5) is 16.3. The number of carbonyl (C=O) groups is 1. The zero-order valence-electron chi connectivity index (χ0n) is 12.6. The molecule has 2 aliphatic heterocycles. The highest BCUT2D eigenvalue weighted by Gasteiger charge is 2.30. The normalized spacial score (nSPS) is 20.9. The van der Waals surface area contributed by atoms with Gasteiger partial charge in [0.25, 0.3) is 0 Å². The second-order valence-electron chi connectivity index (χ2n) is 5.26. The molecule has 1 aromatic rings. The average molecular weight is 301 g/mol. The van der Waals surface area contributed by atoms with Gasteiger partial charge in [0.1, 0.15) is 5.75 Å². The van der Waals surface area contributed by atoms with Crippen molar-refractivity contribution in [3.8, 4) is 5.75 Å². The average Bonchev–Trinajstić information content (AvgIpc) is 2.90. The monoisotopic (exact) mass is 301 g/mol. The summed E-state index contributed by atoms with van der Waals surface area (Å²) in [7, 11) is 0. The lowest BCUT2D eigenvalue weighted by Gasteiger charge is -2.20. The summed E-state index contributed by atoms with van der Waals surface area (Å²) in [6.07, 6.45) is 3.43. The Labute approximate surface area is 129 Å². The smallest absolute Gasteiger partial charge is 0.363 e. The molecule has 0 saturated carbocycles. The Hall–Kier alpha value is -2.14. The Morgan fingerprint density at radius 2 is 2.18 bits per heavy atom. The molecule has 0 aliphatic carbocycles. The van der Waals surface area contributed by atoms with Crippen molar-refractivity contribution >= 4 is 17.9 Å². The van der Waals surface area contributed by atoms with E-state index in [0.29, 0.717) is 31.4 Å². The third-order valence-corrected chi connectivity index (χ3v) is 3.68. The number of benzene rings is 1. The molecule has 0 amide bonds. The van der Waals surface area contributed by atoms with Crippen LogP contribution in [0, 0.1) is 5.92 Å². The molecule has 2 heterocycles. The molecule has 116 valence electrons. The Balaban J connectivity index is 1.79. The zero-order valence-corrected chi connectivity index (χ0v) is 12.6. The number of esters is 1. The number of hydrogen-bond acceptors (Lipinski definition) is 5. The molecule has 1 fully saturated rings. The summed E-state index contributed by atoms with van der Waals surface area (Å²) >= 11 is 0. The minimum absolute atomic E-state index is 0.179. The van der Waals surface area contributed by atoms with Crippen molar-refractivity contribution < 1.29 is 19.0 Å². The molecule has 0 bridgehead atoms. The molecule has 0 unspecified atom stereocenters. The number of rotatable bonds is 4. The van der Waals surface area contributed by atoms with E-state index in [1.807, 2.05) is 31.2 Å². The van der Waals surface area contributed by atoms with E-state index in [9.17, 15) is 4.79 Å². The van der Waals surface area contributed by atoms with Crippen molar-refractivity contribution in [3.63, 3.8) is 0 Å². The van der Waals surface area contributed by atoms with Gasteiger partial charge in [0.2, 0.25) is 5.90 Å². The molecule has 1 saturated heterocycles. The Kier molecular flexibility index (Phi) is 4.53. The minimum Gasteiger partial charge on any atom is -0.494 e. The van der Waals surface area contributed by atoms with Crippen LogP contribution < -0.4 is 4.74 Å². The van der Waals surface area contributed by atoms with Crippen LogP contribution in [0.4, 0.5) is 0 Å². The summed E-state index contributed by atoms with van der Waals surface area (Å²) in [5.41, 5.74) is 1.21. The van der Waals surface area contributed by atoms with E-state index in [0.717, 1.165) is 24.2 Å². The van der Waals surface area contributed by atoms with Gasteiger partial charge in [-0.15, -0.1) is 0 Å². The third-order valence-electron chi connectivity index (χ3n) is 3.68. The van der Waals surface area contributed by atoms with E-state index >= 15 is 0 Å². The molecule has 22 heavy (non-hydrogen) atoms. The van der Waals surface area contributed by atoms with Crippen molar-refractivity contribution in [1.82, 2.24) is 0 Å². The maximum Gasteiger partial charge on any atom is 0.363 e. The highest BCUT2D eigenvalue weighted by molar-refractivity contribution is 6.07. The van der Waals surface area contributed by atoms with Crippen LogP contribution in [-0.2, 0) is 14.3 Å². The molecule has 0 N–H and O–H groups in total. The number of cyclic esters (lactones) is 1. The van der Waals surface area contributed by atoms with Crippen LogP contribution in [0.15, 0.2) is 35.0 Å². The van der Waals surface area contributed by atoms with Gasteiger partial charge in [-0.1, -0.05) is 12.1 Å². The molecule has 1 aromatic carbocycles. The fourth-order valence-corrected chi connectivity index (χ4v) is 2.56. The first kappa shape index (κ1) is 14.8. The first-order valence-corrected chi connectivity index (χ1v) is 7.59. The van der Waals surface area contributed by atoms with Crippen LogP contribution in [0.3, 0.4) is 0 Å². The van der Waals surface area contributed by atoms with E-state index < -0.39 is 0 Å². The Morgan fingerprint density at radius 1 is 1.36 bits per heavy atom. The van der Waals surface area contributed by atoms with Gasteiger partial charge in [0, 0.05) is 19.1 Å². The van der Waals surface area contributed by atoms with Crippen LogP contribution in [0.25, 0.3) is 6.08 Å². The predicted molar refractivity (Wildman–Crippen MR) is 82.7 cm³/mol. The number of hydrogen-bond donors (Lipinski definition) is 0. The fourth-order valence-electron chi connectivity index (χ4n) is 2.56. The van der Waals surface area contributed by atoms with Crippen molar-refractivity contribution in [1.29, 1.82) is 0 Å².